The normalized spacial score (nSPS) is 11.3. The molecule has 0 atom stereocenters. The third kappa shape index (κ3) is 4.37. The summed E-state index contributed by atoms with van der Waals surface area (Å²) in [4.78, 5) is 28.6. The number of ether oxygens (including phenoxy) is 2. The summed E-state index contributed by atoms with van der Waals surface area (Å²) in [6.45, 7) is 3.33. The van der Waals surface area contributed by atoms with E-state index < -0.39 is 11.6 Å². The fourth-order valence-electron chi connectivity index (χ4n) is 2.31. The predicted octanol–water partition coefficient (Wildman–Crippen LogP) is 4.53. The van der Waals surface area contributed by atoms with Crippen LogP contribution in [0.1, 0.15) is 24.2 Å². The minimum Gasteiger partial charge on any atom is -0.478 e. The Kier molecular flexibility index (Phi) is 5.34. The van der Waals surface area contributed by atoms with E-state index >= 15 is 0 Å². The molecule has 2 aromatic carbocycles. The lowest BCUT2D eigenvalue weighted by Crippen LogP contribution is -2.42. The number of fused-ring (bicyclic) bond motifs is 1. The summed E-state index contributed by atoms with van der Waals surface area (Å²) in [5.41, 5.74) is -0.0135. The number of hydrogen-bond donors (Lipinski definition) is 1. The molecule has 3 rings (SSSR count). The maximum Gasteiger partial charge on any atom is 0.337 e. The van der Waals surface area contributed by atoms with Crippen molar-refractivity contribution in [1.82, 2.24) is 4.98 Å². The molecule has 0 bridgehead atoms. The number of rotatable bonds is 5. The van der Waals surface area contributed by atoms with Gasteiger partial charge in [-0.25, -0.2) is 9.78 Å². The number of hydrogen-bond acceptors (Lipinski definition) is 6. The summed E-state index contributed by atoms with van der Waals surface area (Å²) in [5, 5.41) is 3.78. The molecule has 0 spiro atoms. The van der Waals surface area contributed by atoms with Gasteiger partial charge in [-0.15, -0.1) is 0 Å². The van der Waals surface area contributed by atoms with Gasteiger partial charge in [0.05, 0.1) is 22.9 Å². The van der Waals surface area contributed by atoms with Gasteiger partial charge < -0.3 is 9.47 Å². The highest BCUT2D eigenvalue weighted by Crippen LogP contribution is 2.28. The monoisotopic (exact) mass is 404 g/mol. The Labute approximate surface area is 165 Å². The maximum atomic E-state index is 12.6. The molecule has 0 unspecified atom stereocenters. The van der Waals surface area contributed by atoms with Gasteiger partial charge in [0.2, 0.25) is 0 Å². The first-order valence-corrected chi connectivity index (χ1v) is 9.23. The van der Waals surface area contributed by atoms with Crippen LogP contribution >= 0.6 is 22.9 Å². The summed E-state index contributed by atoms with van der Waals surface area (Å²) >= 11 is 7.13. The first-order valence-electron chi connectivity index (χ1n) is 8.03. The van der Waals surface area contributed by atoms with Crippen LogP contribution in [0.2, 0.25) is 5.02 Å². The van der Waals surface area contributed by atoms with Gasteiger partial charge in [0.25, 0.3) is 5.91 Å². The Balaban J connectivity index is 1.76. The van der Waals surface area contributed by atoms with Gasteiger partial charge in [0.1, 0.15) is 5.75 Å². The molecule has 1 aromatic heterocycles. The van der Waals surface area contributed by atoms with Crippen molar-refractivity contribution in [2.45, 2.75) is 19.4 Å². The van der Waals surface area contributed by atoms with Gasteiger partial charge >= 0.3 is 5.97 Å². The van der Waals surface area contributed by atoms with Gasteiger partial charge in [-0.1, -0.05) is 22.9 Å². The van der Waals surface area contributed by atoms with Gasteiger partial charge in [-0.05, 0) is 56.3 Å². The third-order valence-corrected chi connectivity index (χ3v) is 4.95. The van der Waals surface area contributed by atoms with E-state index in [1.807, 2.05) is 0 Å². The Morgan fingerprint density at radius 3 is 2.52 bits per heavy atom. The van der Waals surface area contributed by atoms with Gasteiger partial charge in [0, 0.05) is 5.02 Å². The van der Waals surface area contributed by atoms with Crippen LogP contribution in [-0.2, 0) is 9.53 Å². The van der Waals surface area contributed by atoms with Crippen LogP contribution in [0, 0.1) is 0 Å². The van der Waals surface area contributed by atoms with E-state index in [1.54, 1.807) is 56.3 Å². The molecule has 140 valence electrons. The largest absolute Gasteiger partial charge is 0.478 e. The summed E-state index contributed by atoms with van der Waals surface area (Å²) in [5.74, 6) is -0.232. The number of benzene rings is 2. The second-order valence-corrected chi connectivity index (χ2v) is 7.68. The molecule has 0 aliphatic rings. The summed E-state index contributed by atoms with van der Waals surface area (Å²) in [7, 11) is 1.33. The minimum atomic E-state index is -1.12. The van der Waals surface area contributed by atoms with Gasteiger partial charge in [-0.3, -0.25) is 10.1 Å². The zero-order valence-corrected chi connectivity index (χ0v) is 16.5. The van der Waals surface area contributed by atoms with Crippen molar-refractivity contribution in [2.24, 2.45) is 0 Å². The number of nitrogens with zero attached hydrogens (tertiary/aromatic N) is 1. The van der Waals surface area contributed by atoms with E-state index in [1.165, 1.54) is 18.4 Å². The molecular formula is C19H17ClN2O4S. The smallest absolute Gasteiger partial charge is 0.337 e. The third-order valence-electron chi connectivity index (χ3n) is 3.76. The van der Waals surface area contributed by atoms with Crippen molar-refractivity contribution in [2.75, 3.05) is 12.4 Å². The van der Waals surface area contributed by atoms with Crippen LogP contribution in [0.25, 0.3) is 10.2 Å². The van der Waals surface area contributed by atoms with Crippen molar-refractivity contribution in [3.63, 3.8) is 0 Å². The number of amides is 1. The fourth-order valence-corrected chi connectivity index (χ4v) is 3.34. The highest BCUT2D eigenvalue weighted by atomic mass is 35.5. The van der Waals surface area contributed by atoms with E-state index in [0.717, 1.165) is 4.70 Å². The Morgan fingerprint density at radius 2 is 1.85 bits per heavy atom. The minimum absolute atomic E-state index is 0.343. The lowest BCUT2D eigenvalue weighted by molar-refractivity contribution is -0.128. The number of methoxy groups -OCH3 is 1. The van der Waals surface area contributed by atoms with Crippen molar-refractivity contribution < 1.29 is 19.1 Å². The van der Waals surface area contributed by atoms with Crippen LogP contribution in [-0.4, -0.2) is 29.6 Å². The zero-order chi connectivity index (χ0) is 19.6. The molecule has 27 heavy (non-hydrogen) atoms. The molecule has 8 heteroatoms. The number of carbonyl (C=O) groups excluding carboxylic acids is 2. The van der Waals surface area contributed by atoms with Crippen LogP contribution in [0.15, 0.2) is 42.5 Å². The van der Waals surface area contributed by atoms with E-state index in [-0.39, 0.29) is 5.91 Å². The molecule has 0 saturated heterocycles. The van der Waals surface area contributed by atoms with E-state index in [9.17, 15) is 9.59 Å². The van der Waals surface area contributed by atoms with Crippen LogP contribution in [0.3, 0.4) is 0 Å². The van der Waals surface area contributed by atoms with Crippen molar-refractivity contribution >= 4 is 50.2 Å². The summed E-state index contributed by atoms with van der Waals surface area (Å²) in [6, 6.07) is 11.8. The Bertz CT molecular complexity index is 999. The van der Waals surface area contributed by atoms with E-state index in [2.05, 4.69) is 10.3 Å². The first kappa shape index (κ1) is 19.1. The van der Waals surface area contributed by atoms with Crippen LogP contribution in [0.5, 0.6) is 5.75 Å². The van der Waals surface area contributed by atoms with Crippen LogP contribution in [0.4, 0.5) is 5.13 Å². The SMILES string of the molecule is COC(=O)c1ccc2nc(NC(=O)C(C)(C)Oc3ccc(Cl)cc3)sc2c1. The maximum absolute atomic E-state index is 12.6. The molecule has 3 aromatic rings. The molecular weight excluding hydrogens is 388 g/mol. The number of nitrogens with one attached hydrogen (secondary N) is 1. The second kappa shape index (κ2) is 7.54. The average molecular weight is 405 g/mol. The van der Waals surface area contributed by atoms with Gasteiger partial charge in [0.15, 0.2) is 10.7 Å². The number of carbonyl (C=O) groups is 2. The molecule has 1 amide bonds. The molecule has 0 fully saturated rings. The highest BCUT2D eigenvalue weighted by molar-refractivity contribution is 7.22. The number of anilines is 1. The second-order valence-electron chi connectivity index (χ2n) is 6.21. The molecule has 0 radical (unpaired) electrons. The quantitative estimate of drug-likeness (QED) is 0.632. The van der Waals surface area contributed by atoms with E-state index in [4.69, 9.17) is 21.1 Å². The Hall–Kier alpha value is -2.64. The predicted molar refractivity (Wildman–Crippen MR) is 106 cm³/mol. The van der Waals surface area contributed by atoms with Crippen LogP contribution < -0.4 is 10.1 Å². The standard InChI is InChI=1S/C19H17ClN2O4S/c1-19(2,26-13-7-5-12(20)6-8-13)17(24)22-18-21-14-9-4-11(16(23)25-3)10-15(14)27-18/h4-10H,1-3H3,(H,21,22,24). The number of thiazole rings is 1. The van der Waals surface area contributed by atoms with E-state index in [0.29, 0.717) is 27.0 Å². The van der Waals surface area contributed by atoms with Crippen molar-refractivity contribution in [1.29, 1.82) is 0 Å². The molecule has 0 aliphatic heterocycles. The lowest BCUT2D eigenvalue weighted by Gasteiger charge is -2.24. The summed E-state index contributed by atoms with van der Waals surface area (Å²) in [6.07, 6.45) is 0. The Morgan fingerprint density at radius 1 is 1.15 bits per heavy atom. The first-order chi connectivity index (χ1) is 12.8. The molecule has 6 nitrogen and oxygen atoms in total. The fraction of sp³-hybridized carbons (Fsp3) is 0.211. The molecule has 0 saturated carbocycles. The highest BCUT2D eigenvalue weighted by Gasteiger charge is 2.30. The molecule has 1 heterocycles. The topological polar surface area (TPSA) is 77.5 Å². The number of halogens is 1. The summed E-state index contributed by atoms with van der Waals surface area (Å²) < 4.78 is 11.3. The van der Waals surface area contributed by atoms with Gasteiger partial charge in [-0.2, -0.15) is 0 Å². The lowest BCUT2D eigenvalue weighted by atomic mass is 10.1. The number of esters is 1. The van der Waals surface area contributed by atoms with Crippen molar-refractivity contribution in [3.05, 3.63) is 53.1 Å². The van der Waals surface area contributed by atoms with Crippen molar-refractivity contribution in [3.8, 4) is 5.75 Å². The zero-order valence-electron chi connectivity index (χ0n) is 14.9. The molecule has 0 aliphatic carbocycles. The number of aromatic nitrogens is 1. The average Bonchev–Trinajstić information content (AvgIpc) is 3.04. The molecule has 1 N–H and O–H groups in total.